The van der Waals surface area contributed by atoms with Gasteiger partial charge in [0.05, 0.1) is 7.11 Å². The molecule has 1 saturated heterocycles. The van der Waals surface area contributed by atoms with E-state index in [-0.39, 0.29) is 5.97 Å². The Balaban J connectivity index is 2.10. The third-order valence-electron chi connectivity index (χ3n) is 3.51. The average molecular weight is 263 g/mol. The summed E-state index contributed by atoms with van der Waals surface area (Å²) in [7, 11) is 3.36. The van der Waals surface area contributed by atoms with Crippen LogP contribution in [-0.4, -0.2) is 44.7 Å². The molecule has 1 unspecified atom stereocenters. The van der Waals surface area contributed by atoms with Gasteiger partial charge in [-0.1, -0.05) is 0 Å². The van der Waals surface area contributed by atoms with Crippen molar-refractivity contribution in [2.45, 2.75) is 12.8 Å². The van der Waals surface area contributed by atoms with Crippen molar-refractivity contribution < 1.29 is 9.53 Å². The van der Waals surface area contributed by atoms with Gasteiger partial charge in [-0.05, 0) is 44.5 Å². The number of methoxy groups -OCH3 is 1. The molecule has 0 saturated carbocycles. The first-order chi connectivity index (χ1) is 9.24. The van der Waals surface area contributed by atoms with E-state index in [4.69, 9.17) is 4.74 Å². The average Bonchev–Trinajstić information content (AvgIpc) is 2.47. The van der Waals surface area contributed by atoms with Crippen LogP contribution < -0.4 is 10.2 Å². The molecule has 104 valence electrons. The van der Waals surface area contributed by atoms with E-state index in [0.717, 1.165) is 25.3 Å². The number of rotatable bonds is 4. The molecular formula is C14H21N3O2. The second kappa shape index (κ2) is 6.52. The molecule has 1 aromatic rings. The summed E-state index contributed by atoms with van der Waals surface area (Å²) in [5, 5.41) is 3.24. The first-order valence-corrected chi connectivity index (χ1v) is 6.68. The lowest BCUT2D eigenvalue weighted by atomic mass is 9.97. The Kier molecular flexibility index (Phi) is 4.74. The van der Waals surface area contributed by atoms with E-state index in [2.05, 4.69) is 15.2 Å². The van der Waals surface area contributed by atoms with Crippen molar-refractivity contribution in [3.63, 3.8) is 0 Å². The highest BCUT2D eigenvalue weighted by Gasteiger charge is 2.20. The summed E-state index contributed by atoms with van der Waals surface area (Å²) in [4.78, 5) is 17.9. The van der Waals surface area contributed by atoms with Crippen LogP contribution in [0.3, 0.4) is 0 Å². The quantitative estimate of drug-likeness (QED) is 0.830. The van der Waals surface area contributed by atoms with Crippen molar-refractivity contribution in [1.82, 2.24) is 10.3 Å². The van der Waals surface area contributed by atoms with Gasteiger partial charge in [0, 0.05) is 25.0 Å². The maximum atomic E-state index is 11.5. The van der Waals surface area contributed by atoms with Crippen molar-refractivity contribution in [2.75, 3.05) is 38.7 Å². The fourth-order valence-electron chi connectivity index (χ4n) is 2.59. The van der Waals surface area contributed by atoms with Gasteiger partial charge in [0.1, 0.15) is 5.69 Å². The number of nitrogens with zero attached hydrogens (tertiary/aromatic N) is 2. The summed E-state index contributed by atoms with van der Waals surface area (Å²) in [5.41, 5.74) is 1.42. The summed E-state index contributed by atoms with van der Waals surface area (Å²) in [6.45, 7) is 3.09. The number of carbonyl (C=O) groups excluding carboxylic acids is 1. The molecule has 2 rings (SSSR count). The largest absolute Gasteiger partial charge is 0.464 e. The predicted molar refractivity (Wildman–Crippen MR) is 74.4 cm³/mol. The lowest BCUT2D eigenvalue weighted by molar-refractivity contribution is 0.0594. The Morgan fingerprint density at radius 3 is 3.21 bits per heavy atom. The highest BCUT2D eigenvalue weighted by Crippen LogP contribution is 2.23. The first-order valence-electron chi connectivity index (χ1n) is 6.68. The smallest absolute Gasteiger partial charge is 0.356 e. The van der Waals surface area contributed by atoms with Crippen LogP contribution in [0.15, 0.2) is 18.3 Å². The zero-order valence-electron chi connectivity index (χ0n) is 11.6. The van der Waals surface area contributed by atoms with Crippen molar-refractivity contribution in [3.8, 4) is 0 Å². The highest BCUT2D eigenvalue weighted by atomic mass is 16.5. The first kappa shape index (κ1) is 13.8. The number of pyridine rings is 1. The predicted octanol–water partition coefficient (Wildman–Crippen LogP) is 1.30. The Morgan fingerprint density at radius 1 is 1.63 bits per heavy atom. The Morgan fingerprint density at radius 2 is 2.47 bits per heavy atom. The molecule has 0 radical (unpaired) electrons. The van der Waals surface area contributed by atoms with Crippen LogP contribution in [0, 0.1) is 5.92 Å². The Bertz CT molecular complexity index is 434. The molecule has 5 heteroatoms. The molecule has 0 amide bonds. The fourth-order valence-corrected chi connectivity index (χ4v) is 2.59. The van der Waals surface area contributed by atoms with Crippen LogP contribution in [0.2, 0.25) is 0 Å². The van der Waals surface area contributed by atoms with Crippen LogP contribution in [-0.2, 0) is 4.74 Å². The van der Waals surface area contributed by atoms with Gasteiger partial charge in [0.25, 0.3) is 0 Å². The highest BCUT2D eigenvalue weighted by molar-refractivity contribution is 5.88. The molecule has 1 atom stereocenters. The zero-order chi connectivity index (χ0) is 13.7. The number of hydrogen-bond donors (Lipinski definition) is 1. The van der Waals surface area contributed by atoms with Crippen LogP contribution >= 0.6 is 0 Å². The standard InChI is InChI=1S/C14H21N3O2/c1-15-9-11-4-3-7-17(10-11)12-5-6-16-13(8-12)14(18)19-2/h5-6,8,11,15H,3-4,7,9-10H2,1-2H3. The van der Waals surface area contributed by atoms with Crippen LogP contribution in [0.5, 0.6) is 0 Å². The van der Waals surface area contributed by atoms with Crippen LogP contribution in [0.4, 0.5) is 5.69 Å². The van der Waals surface area contributed by atoms with Gasteiger partial charge in [0.2, 0.25) is 0 Å². The van der Waals surface area contributed by atoms with Gasteiger partial charge in [0.15, 0.2) is 0 Å². The molecule has 0 aromatic carbocycles. The molecule has 1 aliphatic rings. The molecule has 19 heavy (non-hydrogen) atoms. The summed E-state index contributed by atoms with van der Waals surface area (Å²) in [5.74, 6) is 0.277. The lowest BCUT2D eigenvalue weighted by Gasteiger charge is -2.34. The number of hydrogen-bond acceptors (Lipinski definition) is 5. The van der Waals surface area contributed by atoms with Gasteiger partial charge >= 0.3 is 5.97 Å². The van der Waals surface area contributed by atoms with Gasteiger partial charge in [-0.25, -0.2) is 9.78 Å². The van der Waals surface area contributed by atoms with E-state index in [0.29, 0.717) is 11.6 Å². The summed E-state index contributed by atoms with van der Waals surface area (Å²) in [6, 6.07) is 3.77. The maximum Gasteiger partial charge on any atom is 0.356 e. The topological polar surface area (TPSA) is 54.5 Å². The maximum absolute atomic E-state index is 11.5. The van der Waals surface area contributed by atoms with E-state index < -0.39 is 0 Å². The van der Waals surface area contributed by atoms with Crippen LogP contribution in [0.1, 0.15) is 23.3 Å². The third kappa shape index (κ3) is 3.44. The SMILES string of the molecule is CNCC1CCCN(c2ccnc(C(=O)OC)c2)C1. The number of carbonyl (C=O) groups is 1. The van der Waals surface area contributed by atoms with Gasteiger partial charge in [-0.3, -0.25) is 0 Å². The van der Waals surface area contributed by atoms with E-state index >= 15 is 0 Å². The van der Waals surface area contributed by atoms with Gasteiger partial charge < -0.3 is 15.0 Å². The minimum atomic E-state index is -0.384. The van der Waals surface area contributed by atoms with E-state index in [1.54, 1.807) is 6.20 Å². The fraction of sp³-hybridized carbons (Fsp3) is 0.571. The lowest BCUT2D eigenvalue weighted by Crippen LogP contribution is -2.39. The van der Waals surface area contributed by atoms with E-state index in [9.17, 15) is 4.79 Å². The second-order valence-electron chi connectivity index (χ2n) is 4.90. The molecule has 1 N–H and O–H groups in total. The number of piperidine rings is 1. The number of esters is 1. The molecule has 0 spiro atoms. The van der Waals surface area contributed by atoms with Crippen molar-refractivity contribution in [1.29, 1.82) is 0 Å². The molecule has 5 nitrogen and oxygen atoms in total. The number of nitrogens with one attached hydrogen (secondary N) is 1. The van der Waals surface area contributed by atoms with Crippen molar-refractivity contribution in [2.24, 2.45) is 5.92 Å². The normalized spacial score (nSPS) is 19.3. The number of anilines is 1. The third-order valence-corrected chi connectivity index (χ3v) is 3.51. The molecule has 1 aromatic heterocycles. The van der Waals surface area contributed by atoms with E-state index in [1.165, 1.54) is 20.0 Å². The van der Waals surface area contributed by atoms with Gasteiger partial charge in [-0.15, -0.1) is 0 Å². The monoisotopic (exact) mass is 263 g/mol. The summed E-state index contributed by atoms with van der Waals surface area (Å²) in [6.07, 6.45) is 4.11. The van der Waals surface area contributed by atoms with Crippen LogP contribution in [0.25, 0.3) is 0 Å². The number of ether oxygens (including phenoxy) is 1. The molecule has 0 aliphatic carbocycles. The molecule has 0 bridgehead atoms. The molecule has 2 heterocycles. The molecule has 1 fully saturated rings. The minimum absolute atomic E-state index is 0.371. The minimum Gasteiger partial charge on any atom is -0.464 e. The van der Waals surface area contributed by atoms with E-state index in [1.807, 2.05) is 19.2 Å². The second-order valence-corrected chi connectivity index (χ2v) is 4.90. The number of aromatic nitrogens is 1. The zero-order valence-corrected chi connectivity index (χ0v) is 11.6. The molecule has 1 aliphatic heterocycles. The molecular weight excluding hydrogens is 242 g/mol. The summed E-state index contributed by atoms with van der Waals surface area (Å²) >= 11 is 0. The van der Waals surface area contributed by atoms with Crippen molar-refractivity contribution >= 4 is 11.7 Å². The van der Waals surface area contributed by atoms with Crippen molar-refractivity contribution in [3.05, 3.63) is 24.0 Å². The summed E-state index contributed by atoms with van der Waals surface area (Å²) < 4.78 is 4.71. The Labute approximate surface area is 114 Å². The van der Waals surface area contributed by atoms with Gasteiger partial charge in [-0.2, -0.15) is 0 Å². The Hall–Kier alpha value is -1.62.